The molecule has 2 aliphatic rings. The van der Waals surface area contributed by atoms with E-state index in [0.717, 1.165) is 12.8 Å². The van der Waals surface area contributed by atoms with Gasteiger partial charge in [-0.2, -0.15) is 0 Å². The van der Waals surface area contributed by atoms with Crippen molar-refractivity contribution in [3.63, 3.8) is 0 Å². The molecule has 158 valence electrons. The van der Waals surface area contributed by atoms with Gasteiger partial charge in [-0.15, -0.1) is 0 Å². The molecule has 2 atom stereocenters. The van der Waals surface area contributed by atoms with Crippen LogP contribution in [0, 0.1) is 17.3 Å². The predicted octanol–water partition coefficient (Wildman–Crippen LogP) is 4.34. The zero-order valence-electron chi connectivity index (χ0n) is 17.8. The summed E-state index contributed by atoms with van der Waals surface area (Å²) in [5, 5.41) is 10.5. The molecule has 2 fully saturated rings. The number of hydrogen-bond acceptors (Lipinski definition) is 5. The van der Waals surface area contributed by atoms with Gasteiger partial charge in [0.05, 0.1) is 20.3 Å². The topological polar surface area (TPSA) is 72.8 Å². The van der Waals surface area contributed by atoms with E-state index in [-0.39, 0.29) is 12.0 Å². The highest BCUT2D eigenvalue weighted by atomic mass is 16.5. The van der Waals surface area contributed by atoms with E-state index >= 15 is 0 Å². The number of aliphatic hydroxyl groups is 1. The van der Waals surface area contributed by atoms with Gasteiger partial charge in [-0.25, -0.2) is 0 Å². The lowest BCUT2D eigenvalue weighted by atomic mass is 9.66. The standard InChI is InChI=1S/C23H36O5/c1-16(2)19-13-14-23(21(25)27-3,22(26)28-4)15-18(19)11-8-12-20(24)17-9-6-5-7-10-17/h8,11,17-18,20,24H,5-7,9-10,12-15H2,1-4H3/b11-8+/t18-,20+/m1/s1. The number of methoxy groups -OCH3 is 2. The Balaban J connectivity index is 2.16. The summed E-state index contributed by atoms with van der Waals surface area (Å²) in [5.74, 6) is -0.687. The van der Waals surface area contributed by atoms with Gasteiger partial charge in [0.15, 0.2) is 5.41 Å². The zero-order chi connectivity index (χ0) is 20.7. The Hall–Kier alpha value is -1.62. The fourth-order valence-corrected chi connectivity index (χ4v) is 4.88. The van der Waals surface area contributed by atoms with E-state index in [1.54, 1.807) is 0 Å². The van der Waals surface area contributed by atoms with Crippen molar-refractivity contribution in [2.45, 2.75) is 77.7 Å². The van der Waals surface area contributed by atoms with Gasteiger partial charge in [-0.05, 0) is 64.2 Å². The maximum atomic E-state index is 12.5. The smallest absolute Gasteiger partial charge is 0.323 e. The predicted molar refractivity (Wildman–Crippen MR) is 109 cm³/mol. The lowest BCUT2D eigenvalue weighted by Crippen LogP contribution is -2.45. The summed E-state index contributed by atoms with van der Waals surface area (Å²) in [6.07, 6.45) is 11.7. The molecule has 5 heteroatoms. The Morgan fingerprint density at radius 1 is 1.14 bits per heavy atom. The second kappa shape index (κ2) is 10.2. The minimum absolute atomic E-state index is 0.0319. The maximum absolute atomic E-state index is 12.5. The van der Waals surface area contributed by atoms with Crippen molar-refractivity contribution in [2.24, 2.45) is 17.3 Å². The fraction of sp³-hybridized carbons (Fsp3) is 0.739. The number of allylic oxidation sites excluding steroid dienone is 3. The van der Waals surface area contributed by atoms with E-state index in [2.05, 4.69) is 19.9 Å². The van der Waals surface area contributed by atoms with E-state index in [4.69, 9.17) is 9.47 Å². The van der Waals surface area contributed by atoms with E-state index in [1.165, 1.54) is 44.6 Å². The molecule has 0 aliphatic heterocycles. The molecule has 28 heavy (non-hydrogen) atoms. The highest BCUT2D eigenvalue weighted by Crippen LogP contribution is 2.45. The summed E-state index contributed by atoms with van der Waals surface area (Å²) in [7, 11) is 2.63. The number of ether oxygens (including phenoxy) is 2. The molecule has 0 aromatic rings. The van der Waals surface area contributed by atoms with Crippen LogP contribution >= 0.6 is 0 Å². The lowest BCUT2D eigenvalue weighted by Gasteiger charge is -2.37. The molecule has 5 nitrogen and oxygen atoms in total. The van der Waals surface area contributed by atoms with Crippen LogP contribution in [0.3, 0.4) is 0 Å². The van der Waals surface area contributed by atoms with Crippen molar-refractivity contribution in [3.05, 3.63) is 23.3 Å². The first-order valence-corrected chi connectivity index (χ1v) is 10.5. The Morgan fingerprint density at radius 3 is 2.29 bits per heavy atom. The lowest BCUT2D eigenvalue weighted by molar-refractivity contribution is -0.171. The van der Waals surface area contributed by atoms with Crippen molar-refractivity contribution < 1.29 is 24.2 Å². The molecular weight excluding hydrogens is 356 g/mol. The molecule has 0 amide bonds. The van der Waals surface area contributed by atoms with Gasteiger partial charge in [0.2, 0.25) is 0 Å². The van der Waals surface area contributed by atoms with Crippen LogP contribution in [0.5, 0.6) is 0 Å². The van der Waals surface area contributed by atoms with Gasteiger partial charge in [-0.1, -0.05) is 42.6 Å². The number of hydrogen-bond donors (Lipinski definition) is 1. The summed E-state index contributed by atoms with van der Waals surface area (Å²) in [4.78, 5) is 25.0. The Labute approximate surface area is 169 Å². The van der Waals surface area contributed by atoms with E-state index in [9.17, 15) is 14.7 Å². The molecule has 0 radical (unpaired) electrons. The molecule has 0 aromatic carbocycles. The summed E-state index contributed by atoms with van der Waals surface area (Å²) >= 11 is 0. The number of carbonyl (C=O) groups excluding carboxylic acids is 2. The van der Waals surface area contributed by atoms with Crippen LogP contribution in [0.1, 0.15) is 71.6 Å². The molecule has 1 N–H and O–H groups in total. The van der Waals surface area contributed by atoms with Gasteiger partial charge in [-0.3, -0.25) is 9.59 Å². The van der Waals surface area contributed by atoms with Crippen LogP contribution in [-0.2, 0) is 19.1 Å². The molecule has 2 aliphatic carbocycles. The number of aliphatic hydroxyl groups excluding tert-OH is 1. The van der Waals surface area contributed by atoms with E-state index in [0.29, 0.717) is 31.6 Å². The van der Waals surface area contributed by atoms with E-state index in [1.807, 2.05) is 6.08 Å². The monoisotopic (exact) mass is 392 g/mol. The van der Waals surface area contributed by atoms with Crippen LogP contribution in [-0.4, -0.2) is 37.4 Å². The van der Waals surface area contributed by atoms with Gasteiger partial charge < -0.3 is 14.6 Å². The minimum Gasteiger partial charge on any atom is -0.468 e. The van der Waals surface area contributed by atoms with Crippen molar-refractivity contribution >= 4 is 11.9 Å². The first kappa shape index (κ1) is 22.7. The Kier molecular flexibility index (Phi) is 8.29. The third kappa shape index (κ3) is 5.05. The summed E-state index contributed by atoms with van der Waals surface area (Å²) in [6.45, 7) is 4.13. The molecule has 0 unspecified atom stereocenters. The SMILES string of the molecule is COC(=O)C1(C(=O)OC)CCC(=C(C)C)[C@H](/C=C/C[C@H](O)C2CCCCC2)C1. The van der Waals surface area contributed by atoms with Crippen molar-refractivity contribution in [1.29, 1.82) is 0 Å². The van der Waals surface area contributed by atoms with Crippen LogP contribution in [0.15, 0.2) is 23.3 Å². The quantitative estimate of drug-likeness (QED) is 0.413. The van der Waals surface area contributed by atoms with Crippen LogP contribution in [0.2, 0.25) is 0 Å². The van der Waals surface area contributed by atoms with Crippen LogP contribution in [0.4, 0.5) is 0 Å². The largest absolute Gasteiger partial charge is 0.468 e. The summed E-state index contributed by atoms with van der Waals surface area (Å²) < 4.78 is 9.92. The highest BCUT2D eigenvalue weighted by molar-refractivity contribution is 6.00. The molecule has 2 rings (SSSR count). The highest BCUT2D eigenvalue weighted by Gasteiger charge is 2.52. The molecule has 0 saturated heterocycles. The molecule has 2 saturated carbocycles. The Morgan fingerprint density at radius 2 is 1.75 bits per heavy atom. The first-order valence-electron chi connectivity index (χ1n) is 10.5. The Bertz CT molecular complexity index is 592. The number of rotatable bonds is 6. The molecule has 0 bridgehead atoms. The summed E-state index contributed by atoms with van der Waals surface area (Å²) in [5.41, 5.74) is 1.22. The maximum Gasteiger partial charge on any atom is 0.323 e. The normalized spacial score (nSPS) is 24.0. The fourth-order valence-electron chi connectivity index (χ4n) is 4.88. The van der Waals surface area contributed by atoms with E-state index < -0.39 is 17.4 Å². The number of carbonyl (C=O) groups is 2. The van der Waals surface area contributed by atoms with Crippen molar-refractivity contribution in [2.75, 3.05) is 14.2 Å². The average molecular weight is 393 g/mol. The molecule has 0 spiro atoms. The zero-order valence-corrected chi connectivity index (χ0v) is 17.8. The van der Waals surface area contributed by atoms with Crippen molar-refractivity contribution in [3.8, 4) is 0 Å². The second-order valence-electron chi connectivity index (χ2n) is 8.53. The molecule has 0 heterocycles. The van der Waals surface area contributed by atoms with Gasteiger partial charge in [0.25, 0.3) is 0 Å². The van der Waals surface area contributed by atoms with Gasteiger partial charge in [0, 0.05) is 0 Å². The van der Waals surface area contributed by atoms with Crippen LogP contribution in [0.25, 0.3) is 0 Å². The van der Waals surface area contributed by atoms with Gasteiger partial charge in [0.1, 0.15) is 0 Å². The first-order chi connectivity index (χ1) is 13.4. The molecule has 0 aromatic heterocycles. The number of esters is 2. The summed E-state index contributed by atoms with van der Waals surface area (Å²) in [6, 6.07) is 0. The average Bonchev–Trinajstić information content (AvgIpc) is 2.72. The van der Waals surface area contributed by atoms with Crippen LogP contribution < -0.4 is 0 Å². The third-order valence-electron chi connectivity index (χ3n) is 6.57. The minimum atomic E-state index is -1.25. The molecular formula is C23H36O5. The van der Waals surface area contributed by atoms with Gasteiger partial charge >= 0.3 is 11.9 Å². The third-order valence-corrected chi connectivity index (χ3v) is 6.57. The van der Waals surface area contributed by atoms with Crippen molar-refractivity contribution in [1.82, 2.24) is 0 Å². The second-order valence-corrected chi connectivity index (χ2v) is 8.53.